The number of nitrogens with zero attached hydrogens (tertiary/aromatic N) is 1. The third-order valence-corrected chi connectivity index (χ3v) is 5.39. The number of para-hydroxylation sites is 1. The van der Waals surface area contributed by atoms with Crippen LogP contribution in [0.4, 0.5) is 18.9 Å². The third-order valence-electron chi connectivity index (χ3n) is 3.30. The summed E-state index contributed by atoms with van der Waals surface area (Å²) in [7, 11) is -3.54. The van der Waals surface area contributed by atoms with Crippen molar-refractivity contribution in [1.29, 1.82) is 0 Å². The SMILES string of the molecule is CS(=O)(=O)Nc1ccccc1-c1cc2c(Cl)ncc(C(F)(F)F)c2s1. The molecule has 0 amide bonds. The number of anilines is 1. The molecule has 1 N–H and O–H groups in total. The zero-order valence-electron chi connectivity index (χ0n) is 12.6. The summed E-state index contributed by atoms with van der Waals surface area (Å²) >= 11 is 6.82. The van der Waals surface area contributed by atoms with Crippen LogP contribution in [0.3, 0.4) is 0 Å². The Bertz CT molecular complexity index is 1060. The lowest BCUT2D eigenvalue weighted by Crippen LogP contribution is -2.10. The number of halogens is 4. The van der Waals surface area contributed by atoms with Crippen molar-refractivity contribution in [1.82, 2.24) is 4.98 Å². The Balaban J connectivity index is 2.24. The fraction of sp³-hybridized carbons (Fsp3) is 0.133. The Hall–Kier alpha value is -1.84. The molecule has 0 atom stereocenters. The topological polar surface area (TPSA) is 59.1 Å². The van der Waals surface area contributed by atoms with Gasteiger partial charge in [0.15, 0.2) is 0 Å². The van der Waals surface area contributed by atoms with Gasteiger partial charge in [0.1, 0.15) is 5.15 Å². The zero-order valence-corrected chi connectivity index (χ0v) is 14.9. The average molecular weight is 407 g/mol. The van der Waals surface area contributed by atoms with Crippen LogP contribution in [0, 0.1) is 0 Å². The van der Waals surface area contributed by atoms with Crippen LogP contribution in [0.5, 0.6) is 0 Å². The van der Waals surface area contributed by atoms with Crippen molar-refractivity contribution in [3.8, 4) is 10.4 Å². The molecule has 25 heavy (non-hydrogen) atoms. The number of hydrogen-bond acceptors (Lipinski definition) is 4. The molecule has 3 aromatic rings. The molecule has 0 radical (unpaired) electrons. The van der Waals surface area contributed by atoms with E-state index in [0.29, 0.717) is 16.6 Å². The maximum atomic E-state index is 13.2. The molecule has 0 aliphatic carbocycles. The molecule has 1 aromatic carbocycles. The quantitative estimate of drug-likeness (QED) is 0.622. The van der Waals surface area contributed by atoms with E-state index in [0.717, 1.165) is 17.6 Å². The first-order valence-corrected chi connectivity index (χ1v) is 9.87. The maximum Gasteiger partial charge on any atom is 0.419 e. The van der Waals surface area contributed by atoms with E-state index in [2.05, 4.69) is 9.71 Å². The first-order valence-electron chi connectivity index (χ1n) is 6.79. The van der Waals surface area contributed by atoms with Crippen molar-refractivity contribution in [3.63, 3.8) is 0 Å². The van der Waals surface area contributed by atoms with Crippen LogP contribution in [0.25, 0.3) is 20.5 Å². The second-order valence-corrected chi connectivity index (χ2v) is 8.39. The number of rotatable bonds is 3. The third kappa shape index (κ3) is 3.73. The van der Waals surface area contributed by atoms with Gasteiger partial charge >= 0.3 is 6.18 Å². The molecule has 0 saturated carbocycles. The highest BCUT2D eigenvalue weighted by molar-refractivity contribution is 7.92. The summed E-state index contributed by atoms with van der Waals surface area (Å²) in [5, 5.41) is 0.129. The summed E-state index contributed by atoms with van der Waals surface area (Å²) < 4.78 is 64.9. The number of hydrogen-bond donors (Lipinski definition) is 1. The summed E-state index contributed by atoms with van der Waals surface area (Å²) in [5.74, 6) is 0. The Labute approximate surface area is 150 Å². The first-order chi connectivity index (χ1) is 11.6. The lowest BCUT2D eigenvalue weighted by molar-refractivity contribution is -0.136. The van der Waals surface area contributed by atoms with Crippen LogP contribution in [-0.4, -0.2) is 19.7 Å². The maximum absolute atomic E-state index is 13.2. The molecule has 0 spiro atoms. The predicted molar refractivity (Wildman–Crippen MR) is 93.5 cm³/mol. The van der Waals surface area contributed by atoms with E-state index in [9.17, 15) is 21.6 Å². The number of fused-ring (bicyclic) bond motifs is 1. The average Bonchev–Trinajstić information content (AvgIpc) is 2.90. The molecule has 0 aliphatic heterocycles. The fourth-order valence-corrected chi connectivity index (χ4v) is 4.38. The summed E-state index contributed by atoms with van der Waals surface area (Å²) in [4.78, 5) is 4.05. The monoisotopic (exact) mass is 406 g/mol. The van der Waals surface area contributed by atoms with Crippen LogP contribution in [-0.2, 0) is 16.2 Å². The molecule has 2 heterocycles. The van der Waals surface area contributed by atoms with Crippen LogP contribution < -0.4 is 4.72 Å². The minimum Gasteiger partial charge on any atom is -0.283 e. The molecule has 0 aliphatic rings. The Morgan fingerprint density at radius 1 is 1.24 bits per heavy atom. The van der Waals surface area contributed by atoms with E-state index in [-0.39, 0.29) is 20.9 Å². The second kappa shape index (κ2) is 6.15. The number of aromatic nitrogens is 1. The first kappa shape index (κ1) is 18.0. The highest BCUT2D eigenvalue weighted by atomic mass is 35.5. The van der Waals surface area contributed by atoms with Gasteiger partial charge in [-0.2, -0.15) is 13.2 Å². The van der Waals surface area contributed by atoms with Gasteiger partial charge in [-0.1, -0.05) is 29.8 Å². The predicted octanol–water partition coefficient (Wildman–Crippen LogP) is 5.01. The van der Waals surface area contributed by atoms with Gasteiger partial charge in [-0.25, -0.2) is 13.4 Å². The van der Waals surface area contributed by atoms with E-state index >= 15 is 0 Å². The Kier molecular flexibility index (Phi) is 4.42. The van der Waals surface area contributed by atoms with Crippen molar-refractivity contribution in [2.45, 2.75) is 6.18 Å². The van der Waals surface area contributed by atoms with Gasteiger partial charge in [-0.3, -0.25) is 4.72 Å². The molecule has 2 aromatic heterocycles. The Morgan fingerprint density at radius 2 is 1.92 bits per heavy atom. The molecule has 0 saturated heterocycles. The second-order valence-electron chi connectivity index (χ2n) is 5.23. The van der Waals surface area contributed by atoms with Crippen LogP contribution >= 0.6 is 22.9 Å². The number of thiophene rings is 1. The molecule has 132 valence electrons. The van der Waals surface area contributed by atoms with Crippen molar-refractivity contribution in [2.24, 2.45) is 0 Å². The molecule has 0 fully saturated rings. The van der Waals surface area contributed by atoms with Gasteiger partial charge in [0.05, 0.1) is 22.2 Å². The van der Waals surface area contributed by atoms with E-state index < -0.39 is 21.8 Å². The largest absolute Gasteiger partial charge is 0.419 e. The fourth-order valence-electron chi connectivity index (χ4n) is 2.32. The molecule has 3 rings (SSSR count). The Morgan fingerprint density at radius 3 is 2.56 bits per heavy atom. The molecular formula is C15H10ClF3N2O2S2. The lowest BCUT2D eigenvalue weighted by Gasteiger charge is -2.09. The van der Waals surface area contributed by atoms with Gasteiger partial charge in [0.2, 0.25) is 10.0 Å². The molecular weight excluding hydrogens is 397 g/mol. The van der Waals surface area contributed by atoms with Crippen molar-refractivity contribution in [3.05, 3.63) is 47.2 Å². The van der Waals surface area contributed by atoms with Crippen molar-refractivity contribution < 1.29 is 21.6 Å². The number of pyridine rings is 1. The normalized spacial score (nSPS) is 12.5. The highest BCUT2D eigenvalue weighted by Gasteiger charge is 2.34. The summed E-state index contributed by atoms with van der Waals surface area (Å²) in [6, 6.07) is 7.92. The minimum absolute atomic E-state index is 0.0425. The van der Waals surface area contributed by atoms with E-state index in [1.54, 1.807) is 18.2 Å². The molecule has 10 heteroatoms. The summed E-state index contributed by atoms with van der Waals surface area (Å²) in [5.41, 5.74) is -0.149. The van der Waals surface area contributed by atoms with Crippen LogP contribution in [0.1, 0.15) is 5.56 Å². The highest BCUT2D eigenvalue weighted by Crippen LogP contribution is 2.44. The molecule has 0 bridgehead atoms. The molecule has 4 nitrogen and oxygen atoms in total. The van der Waals surface area contributed by atoms with Crippen molar-refractivity contribution in [2.75, 3.05) is 11.0 Å². The number of benzene rings is 1. The number of sulfonamides is 1. The van der Waals surface area contributed by atoms with E-state index in [1.165, 1.54) is 12.1 Å². The number of alkyl halides is 3. The van der Waals surface area contributed by atoms with Gasteiger partial charge < -0.3 is 0 Å². The molecule has 0 unspecified atom stereocenters. The van der Waals surface area contributed by atoms with Gasteiger partial charge in [-0.05, 0) is 12.1 Å². The summed E-state index contributed by atoms with van der Waals surface area (Å²) in [6.07, 6.45) is -2.87. The van der Waals surface area contributed by atoms with Crippen LogP contribution in [0.2, 0.25) is 5.15 Å². The van der Waals surface area contributed by atoms with Crippen LogP contribution in [0.15, 0.2) is 36.5 Å². The smallest absolute Gasteiger partial charge is 0.283 e. The van der Waals surface area contributed by atoms with Gasteiger partial charge in [0, 0.05) is 22.0 Å². The van der Waals surface area contributed by atoms with Crippen molar-refractivity contribution >= 4 is 48.7 Å². The van der Waals surface area contributed by atoms with Gasteiger partial charge in [0.25, 0.3) is 0 Å². The van der Waals surface area contributed by atoms with E-state index in [1.807, 2.05) is 0 Å². The van der Waals surface area contributed by atoms with Gasteiger partial charge in [-0.15, -0.1) is 11.3 Å². The minimum atomic E-state index is -4.57. The zero-order chi connectivity index (χ0) is 18.4. The lowest BCUT2D eigenvalue weighted by atomic mass is 10.1. The number of nitrogens with one attached hydrogen (secondary N) is 1. The van der Waals surface area contributed by atoms with E-state index in [4.69, 9.17) is 11.6 Å². The summed E-state index contributed by atoms with van der Waals surface area (Å²) in [6.45, 7) is 0. The standard InChI is InChI=1S/C15H10ClF3N2O2S2/c1-25(22,23)21-11-5-3-2-4-8(11)12-6-9-13(24-12)10(15(17,18)19)7-20-14(9)16/h2-7,21H,1H3.